The molecule has 0 amide bonds. The molecule has 2 rings (SSSR count). The van der Waals surface area contributed by atoms with E-state index in [0.29, 0.717) is 12.4 Å². The summed E-state index contributed by atoms with van der Waals surface area (Å²) in [6, 6.07) is 1.83. The topological polar surface area (TPSA) is 86.0 Å². The zero-order valence-corrected chi connectivity index (χ0v) is 13.9. The molecule has 136 valence electrons. The zero-order chi connectivity index (χ0) is 18.6. The van der Waals surface area contributed by atoms with Gasteiger partial charge in [-0.2, -0.15) is 18.0 Å². The number of carbonyl (C=O) groups excluding carboxylic acids is 1. The minimum Gasteiger partial charge on any atom is -0.465 e. The highest BCUT2D eigenvalue weighted by molar-refractivity contribution is 5.90. The van der Waals surface area contributed by atoms with Crippen LogP contribution in [0.1, 0.15) is 34.5 Å². The van der Waals surface area contributed by atoms with Gasteiger partial charge in [0, 0.05) is 6.54 Å². The lowest BCUT2D eigenvalue weighted by Crippen LogP contribution is -2.26. The van der Waals surface area contributed by atoms with Gasteiger partial charge in [-0.25, -0.2) is 9.78 Å². The van der Waals surface area contributed by atoms with E-state index in [4.69, 9.17) is 0 Å². The van der Waals surface area contributed by atoms with Crippen LogP contribution >= 0.6 is 0 Å². The number of carbonyl (C=O) groups is 1. The van der Waals surface area contributed by atoms with Crippen molar-refractivity contribution in [2.24, 2.45) is 7.05 Å². The molecule has 0 N–H and O–H groups in total. The maximum Gasteiger partial charge on any atom is 0.433 e. The average Bonchev–Trinajstić information content (AvgIpc) is 2.97. The molecule has 2 aromatic heterocycles. The predicted molar refractivity (Wildman–Crippen MR) is 79.2 cm³/mol. The van der Waals surface area contributed by atoms with Gasteiger partial charge in [0.05, 0.1) is 32.0 Å². The lowest BCUT2D eigenvalue weighted by Gasteiger charge is -2.20. The summed E-state index contributed by atoms with van der Waals surface area (Å²) in [5.41, 5.74) is -1.10. The second kappa shape index (κ2) is 7.55. The van der Waals surface area contributed by atoms with E-state index in [0.717, 1.165) is 19.2 Å². The van der Waals surface area contributed by atoms with Crippen LogP contribution in [0.4, 0.5) is 13.2 Å². The van der Waals surface area contributed by atoms with Crippen LogP contribution < -0.4 is 0 Å². The molecule has 0 spiro atoms. The van der Waals surface area contributed by atoms with E-state index in [1.807, 2.05) is 6.92 Å². The maximum absolute atomic E-state index is 12.9. The number of hydrogen-bond donors (Lipinski definition) is 0. The van der Waals surface area contributed by atoms with Gasteiger partial charge in [-0.05, 0) is 23.9 Å². The molecule has 0 aromatic carbocycles. The van der Waals surface area contributed by atoms with Crippen molar-refractivity contribution in [1.29, 1.82) is 0 Å². The zero-order valence-electron chi connectivity index (χ0n) is 13.9. The average molecular weight is 358 g/mol. The van der Waals surface area contributed by atoms with Crippen molar-refractivity contribution >= 4 is 5.97 Å². The van der Waals surface area contributed by atoms with Crippen molar-refractivity contribution in [2.45, 2.75) is 26.2 Å². The number of ether oxygens (including phenoxy) is 1. The van der Waals surface area contributed by atoms with Gasteiger partial charge in [-0.15, -0.1) is 10.2 Å². The van der Waals surface area contributed by atoms with Crippen molar-refractivity contribution in [3.8, 4) is 0 Å². The van der Waals surface area contributed by atoms with Crippen molar-refractivity contribution in [1.82, 2.24) is 30.1 Å². The lowest BCUT2D eigenvalue weighted by atomic mass is 10.1. The number of tetrazole rings is 1. The van der Waals surface area contributed by atoms with Gasteiger partial charge in [0.1, 0.15) is 5.69 Å². The second-order valence-corrected chi connectivity index (χ2v) is 5.18. The first kappa shape index (κ1) is 18.8. The van der Waals surface area contributed by atoms with Crippen LogP contribution in [0.2, 0.25) is 0 Å². The second-order valence-electron chi connectivity index (χ2n) is 5.18. The van der Waals surface area contributed by atoms with E-state index in [1.165, 1.54) is 4.80 Å². The predicted octanol–water partition coefficient (Wildman–Crippen LogP) is 1.43. The van der Waals surface area contributed by atoms with Crippen LogP contribution in [0, 0.1) is 0 Å². The monoisotopic (exact) mass is 358 g/mol. The van der Waals surface area contributed by atoms with Crippen LogP contribution in [0.25, 0.3) is 0 Å². The number of aryl methyl sites for hydroxylation is 1. The molecule has 0 radical (unpaired) electrons. The molecule has 2 heterocycles. The molecule has 0 fully saturated rings. The highest BCUT2D eigenvalue weighted by Gasteiger charge is 2.33. The van der Waals surface area contributed by atoms with Gasteiger partial charge in [0.25, 0.3) is 0 Å². The van der Waals surface area contributed by atoms with Gasteiger partial charge < -0.3 is 4.74 Å². The fourth-order valence-electron chi connectivity index (χ4n) is 2.15. The first-order valence-corrected chi connectivity index (χ1v) is 7.35. The molecule has 0 atom stereocenters. The lowest BCUT2D eigenvalue weighted by molar-refractivity contribution is -0.141. The summed E-state index contributed by atoms with van der Waals surface area (Å²) < 4.78 is 43.4. The van der Waals surface area contributed by atoms with Crippen molar-refractivity contribution in [3.63, 3.8) is 0 Å². The minimum atomic E-state index is -4.60. The van der Waals surface area contributed by atoms with E-state index < -0.39 is 17.8 Å². The van der Waals surface area contributed by atoms with E-state index in [9.17, 15) is 18.0 Å². The summed E-state index contributed by atoms with van der Waals surface area (Å²) in [6.45, 7) is 2.56. The van der Waals surface area contributed by atoms with E-state index in [-0.39, 0.29) is 24.3 Å². The quantitative estimate of drug-likeness (QED) is 0.722. The fourth-order valence-corrected chi connectivity index (χ4v) is 2.15. The normalized spacial score (nSPS) is 11.8. The summed E-state index contributed by atoms with van der Waals surface area (Å²) >= 11 is 0. The van der Waals surface area contributed by atoms with E-state index in [2.05, 4.69) is 25.1 Å². The van der Waals surface area contributed by atoms with Gasteiger partial charge in [-0.1, -0.05) is 6.92 Å². The molecule has 8 nitrogen and oxygen atoms in total. The molecule has 0 aliphatic rings. The molecule has 0 saturated heterocycles. The Morgan fingerprint density at radius 1 is 1.32 bits per heavy atom. The molecule has 0 unspecified atom stereocenters. The van der Waals surface area contributed by atoms with Crippen molar-refractivity contribution in [2.75, 3.05) is 13.7 Å². The Morgan fingerprint density at radius 2 is 2.04 bits per heavy atom. The molecular formula is C14H17F3N6O2. The number of esters is 1. The number of aromatic nitrogens is 5. The number of alkyl halides is 3. The Bertz CT molecular complexity index is 746. The van der Waals surface area contributed by atoms with Gasteiger partial charge in [0.2, 0.25) is 0 Å². The number of halogens is 3. The van der Waals surface area contributed by atoms with Gasteiger partial charge in [-0.3, -0.25) is 4.90 Å². The van der Waals surface area contributed by atoms with E-state index >= 15 is 0 Å². The minimum absolute atomic E-state index is 0.00308. The number of rotatable bonds is 6. The van der Waals surface area contributed by atoms with Gasteiger partial charge >= 0.3 is 12.1 Å². The molecule has 11 heteroatoms. The standard InChI is InChI=1S/C14H17F3N6O2/c1-4-23(8-12-19-21-22(2)20-12)7-10-9(13(24)25-3)5-6-11(18-10)14(15,16)17/h5-6H,4,7-8H2,1-3H3. The Labute approximate surface area is 141 Å². The molecule has 0 aliphatic heterocycles. The third kappa shape index (κ3) is 4.72. The van der Waals surface area contributed by atoms with Crippen molar-refractivity contribution in [3.05, 3.63) is 34.9 Å². The molecule has 0 bridgehead atoms. The Kier molecular flexibility index (Phi) is 5.67. The molecule has 2 aromatic rings. The first-order chi connectivity index (χ1) is 11.7. The summed E-state index contributed by atoms with van der Waals surface area (Å²) in [6.07, 6.45) is -4.60. The smallest absolute Gasteiger partial charge is 0.433 e. The fraction of sp³-hybridized carbons (Fsp3) is 0.500. The molecule has 0 aliphatic carbocycles. The Morgan fingerprint density at radius 3 is 2.56 bits per heavy atom. The summed E-state index contributed by atoms with van der Waals surface area (Å²) in [7, 11) is 2.77. The molecule has 0 saturated carbocycles. The van der Waals surface area contributed by atoms with Crippen LogP contribution in [0.5, 0.6) is 0 Å². The number of hydrogen-bond acceptors (Lipinski definition) is 7. The highest BCUT2D eigenvalue weighted by Crippen LogP contribution is 2.28. The number of nitrogens with zero attached hydrogens (tertiary/aromatic N) is 6. The van der Waals surface area contributed by atoms with Crippen LogP contribution in [0.15, 0.2) is 12.1 Å². The maximum atomic E-state index is 12.9. The Hall–Kier alpha value is -2.56. The highest BCUT2D eigenvalue weighted by atomic mass is 19.4. The largest absolute Gasteiger partial charge is 0.465 e. The summed E-state index contributed by atoms with van der Waals surface area (Å²) in [5.74, 6) is -0.333. The SMILES string of the molecule is CCN(Cc1nnn(C)n1)Cc1nc(C(F)(F)F)ccc1C(=O)OC. The first-order valence-electron chi connectivity index (χ1n) is 7.35. The number of methoxy groups -OCH3 is 1. The van der Waals surface area contributed by atoms with Crippen molar-refractivity contribution < 1.29 is 22.7 Å². The van der Waals surface area contributed by atoms with Crippen LogP contribution in [-0.4, -0.2) is 49.7 Å². The number of pyridine rings is 1. The molecule has 25 heavy (non-hydrogen) atoms. The van der Waals surface area contributed by atoms with Gasteiger partial charge in [0.15, 0.2) is 5.82 Å². The van der Waals surface area contributed by atoms with E-state index in [1.54, 1.807) is 11.9 Å². The summed E-state index contributed by atoms with van der Waals surface area (Å²) in [4.78, 5) is 18.5. The third-order valence-electron chi connectivity index (χ3n) is 3.41. The van der Waals surface area contributed by atoms with Crippen LogP contribution in [0.3, 0.4) is 0 Å². The third-order valence-corrected chi connectivity index (χ3v) is 3.41. The molecular weight excluding hydrogens is 341 g/mol. The van der Waals surface area contributed by atoms with Crippen LogP contribution in [-0.2, 0) is 31.1 Å². The summed E-state index contributed by atoms with van der Waals surface area (Å²) in [5, 5.41) is 11.6. The Balaban J connectivity index is 2.31.